The van der Waals surface area contributed by atoms with Gasteiger partial charge in [0.1, 0.15) is 0 Å². The fourth-order valence-corrected chi connectivity index (χ4v) is 2.86. The molecule has 0 heterocycles. The fourth-order valence-electron chi connectivity index (χ4n) is 2.86. The molecule has 2 atom stereocenters. The standard InChI is InChI=1S/C12H22F3N3O/c1-3-18(8-12(13,14)15)9-5-4-6-11(7-9,17-2)10(16)19/h9,17H,3-8H2,1-2H3,(H2,16,19). The third-order valence-electron chi connectivity index (χ3n) is 3.98. The van der Waals surface area contributed by atoms with E-state index in [4.69, 9.17) is 5.73 Å². The Labute approximate surface area is 111 Å². The molecule has 4 nitrogen and oxygen atoms in total. The van der Waals surface area contributed by atoms with Crippen LogP contribution in [0.4, 0.5) is 13.2 Å². The van der Waals surface area contributed by atoms with Crippen LogP contribution in [0.3, 0.4) is 0 Å². The minimum absolute atomic E-state index is 0.264. The SMILES string of the molecule is CCN(CC(F)(F)F)C1CCCC(NC)(C(N)=O)C1. The van der Waals surface area contributed by atoms with E-state index in [0.29, 0.717) is 32.2 Å². The molecule has 0 radical (unpaired) electrons. The second-order valence-corrected chi connectivity index (χ2v) is 5.12. The van der Waals surface area contributed by atoms with Crippen LogP contribution in [0.5, 0.6) is 0 Å². The maximum Gasteiger partial charge on any atom is 0.401 e. The van der Waals surface area contributed by atoms with Crippen molar-refractivity contribution in [1.82, 2.24) is 10.2 Å². The van der Waals surface area contributed by atoms with Gasteiger partial charge in [-0.25, -0.2) is 0 Å². The molecule has 1 aliphatic rings. The number of likely N-dealkylation sites (N-methyl/N-ethyl adjacent to an activating group) is 1. The monoisotopic (exact) mass is 281 g/mol. The van der Waals surface area contributed by atoms with E-state index in [-0.39, 0.29) is 6.04 Å². The first-order valence-corrected chi connectivity index (χ1v) is 6.53. The van der Waals surface area contributed by atoms with Gasteiger partial charge < -0.3 is 11.1 Å². The molecule has 0 aliphatic heterocycles. The van der Waals surface area contributed by atoms with Crippen LogP contribution >= 0.6 is 0 Å². The minimum atomic E-state index is -4.22. The summed E-state index contributed by atoms with van der Waals surface area (Å²) in [6, 6.07) is -0.264. The number of nitrogens with zero attached hydrogens (tertiary/aromatic N) is 1. The average molecular weight is 281 g/mol. The molecule has 19 heavy (non-hydrogen) atoms. The molecule has 1 fully saturated rings. The summed E-state index contributed by atoms with van der Waals surface area (Å²) in [6.45, 7) is 1.07. The van der Waals surface area contributed by atoms with Crippen molar-refractivity contribution >= 4 is 5.91 Å². The summed E-state index contributed by atoms with van der Waals surface area (Å²) in [6.07, 6.45) is -1.94. The summed E-state index contributed by atoms with van der Waals surface area (Å²) in [7, 11) is 1.63. The van der Waals surface area contributed by atoms with Crippen LogP contribution in [-0.4, -0.2) is 48.7 Å². The van der Waals surface area contributed by atoms with Crippen LogP contribution in [0, 0.1) is 0 Å². The van der Waals surface area contributed by atoms with Crippen molar-refractivity contribution in [3.8, 4) is 0 Å². The second kappa shape index (κ2) is 6.09. The van der Waals surface area contributed by atoms with E-state index in [1.165, 1.54) is 4.90 Å². The summed E-state index contributed by atoms with van der Waals surface area (Å²) >= 11 is 0. The zero-order chi connectivity index (χ0) is 14.7. The Morgan fingerprint density at radius 2 is 2.16 bits per heavy atom. The number of carbonyl (C=O) groups is 1. The number of carbonyl (C=O) groups excluding carboxylic acids is 1. The maximum absolute atomic E-state index is 12.5. The highest BCUT2D eigenvalue weighted by Gasteiger charge is 2.43. The average Bonchev–Trinajstić information content (AvgIpc) is 2.34. The molecule has 1 rings (SSSR count). The Morgan fingerprint density at radius 1 is 1.53 bits per heavy atom. The summed E-state index contributed by atoms with van der Waals surface area (Å²) in [5.41, 5.74) is 4.53. The summed E-state index contributed by atoms with van der Waals surface area (Å²) in [5.74, 6) is -0.484. The molecule has 0 aromatic rings. The summed E-state index contributed by atoms with van der Waals surface area (Å²) in [5, 5.41) is 2.91. The lowest BCUT2D eigenvalue weighted by Crippen LogP contribution is -2.60. The Morgan fingerprint density at radius 3 is 2.58 bits per heavy atom. The molecule has 1 amide bonds. The Hall–Kier alpha value is -0.820. The molecule has 3 N–H and O–H groups in total. The van der Waals surface area contributed by atoms with Gasteiger partial charge in [-0.2, -0.15) is 13.2 Å². The highest BCUT2D eigenvalue weighted by Crippen LogP contribution is 2.32. The molecule has 0 bridgehead atoms. The fraction of sp³-hybridized carbons (Fsp3) is 0.917. The second-order valence-electron chi connectivity index (χ2n) is 5.12. The minimum Gasteiger partial charge on any atom is -0.368 e. The van der Waals surface area contributed by atoms with Gasteiger partial charge in [0, 0.05) is 6.04 Å². The van der Waals surface area contributed by atoms with Crippen molar-refractivity contribution in [2.45, 2.75) is 50.4 Å². The molecule has 2 unspecified atom stereocenters. The van der Waals surface area contributed by atoms with Gasteiger partial charge >= 0.3 is 6.18 Å². The lowest BCUT2D eigenvalue weighted by Gasteiger charge is -2.42. The maximum atomic E-state index is 12.5. The van der Waals surface area contributed by atoms with Gasteiger partial charge in [-0.1, -0.05) is 6.92 Å². The molecule has 7 heteroatoms. The Kier molecular flexibility index (Phi) is 5.20. The molecule has 0 spiro atoms. The van der Waals surface area contributed by atoms with Gasteiger partial charge in [-0.15, -0.1) is 0 Å². The van der Waals surface area contributed by atoms with Gasteiger partial charge in [-0.3, -0.25) is 9.69 Å². The number of nitrogens with one attached hydrogen (secondary N) is 1. The predicted octanol–water partition coefficient (Wildman–Crippen LogP) is 1.26. The van der Waals surface area contributed by atoms with Crippen molar-refractivity contribution in [3.05, 3.63) is 0 Å². The molecule has 1 saturated carbocycles. The van der Waals surface area contributed by atoms with Crippen molar-refractivity contribution in [3.63, 3.8) is 0 Å². The predicted molar refractivity (Wildman–Crippen MR) is 66.5 cm³/mol. The number of rotatable bonds is 5. The number of primary amides is 1. The van der Waals surface area contributed by atoms with Crippen LogP contribution in [0.2, 0.25) is 0 Å². The molecule has 0 aromatic heterocycles. The third kappa shape index (κ3) is 4.07. The number of nitrogens with two attached hydrogens (primary N) is 1. The highest BCUT2D eigenvalue weighted by atomic mass is 19.4. The topological polar surface area (TPSA) is 58.4 Å². The van der Waals surface area contributed by atoms with Crippen LogP contribution in [0.25, 0.3) is 0 Å². The van der Waals surface area contributed by atoms with E-state index >= 15 is 0 Å². The lowest BCUT2D eigenvalue weighted by molar-refractivity contribution is -0.153. The van der Waals surface area contributed by atoms with Crippen molar-refractivity contribution in [2.24, 2.45) is 5.73 Å². The lowest BCUT2D eigenvalue weighted by atomic mass is 9.78. The van der Waals surface area contributed by atoms with Gasteiger partial charge in [0.2, 0.25) is 5.91 Å². The van der Waals surface area contributed by atoms with Crippen LogP contribution in [-0.2, 0) is 4.79 Å². The van der Waals surface area contributed by atoms with Gasteiger partial charge in [0.05, 0.1) is 12.1 Å². The molecule has 0 aromatic carbocycles. The summed E-state index contributed by atoms with van der Waals surface area (Å²) < 4.78 is 37.6. The van der Waals surface area contributed by atoms with E-state index in [1.54, 1.807) is 14.0 Å². The Bertz CT molecular complexity index is 322. The third-order valence-corrected chi connectivity index (χ3v) is 3.98. The van der Waals surface area contributed by atoms with E-state index in [1.807, 2.05) is 0 Å². The van der Waals surface area contributed by atoms with Gasteiger partial charge in [0.25, 0.3) is 0 Å². The number of halogens is 3. The van der Waals surface area contributed by atoms with E-state index in [2.05, 4.69) is 5.32 Å². The molecule has 0 saturated heterocycles. The van der Waals surface area contributed by atoms with E-state index in [0.717, 1.165) is 0 Å². The highest BCUT2D eigenvalue weighted by molar-refractivity contribution is 5.84. The van der Waals surface area contributed by atoms with Crippen LogP contribution < -0.4 is 11.1 Å². The van der Waals surface area contributed by atoms with Crippen LogP contribution in [0.1, 0.15) is 32.6 Å². The number of hydrogen-bond donors (Lipinski definition) is 2. The smallest absolute Gasteiger partial charge is 0.368 e. The van der Waals surface area contributed by atoms with E-state index < -0.39 is 24.2 Å². The Balaban J connectivity index is 2.79. The van der Waals surface area contributed by atoms with Crippen LogP contribution in [0.15, 0.2) is 0 Å². The largest absolute Gasteiger partial charge is 0.401 e. The number of hydrogen-bond acceptors (Lipinski definition) is 3. The molecule has 112 valence electrons. The van der Waals surface area contributed by atoms with Crippen molar-refractivity contribution in [2.75, 3.05) is 20.1 Å². The summed E-state index contributed by atoms with van der Waals surface area (Å²) in [4.78, 5) is 13.0. The molecular weight excluding hydrogens is 259 g/mol. The zero-order valence-electron chi connectivity index (χ0n) is 11.4. The molecule has 1 aliphatic carbocycles. The first kappa shape index (κ1) is 16.2. The van der Waals surface area contributed by atoms with Crippen molar-refractivity contribution < 1.29 is 18.0 Å². The number of amides is 1. The first-order chi connectivity index (χ1) is 8.74. The van der Waals surface area contributed by atoms with E-state index in [9.17, 15) is 18.0 Å². The zero-order valence-corrected chi connectivity index (χ0v) is 11.4. The molecular formula is C12H22F3N3O. The van der Waals surface area contributed by atoms with Gasteiger partial charge in [0.15, 0.2) is 0 Å². The quantitative estimate of drug-likeness (QED) is 0.797. The normalized spacial score (nSPS) is 28.6. The first-order valence-electron chi connectivity index (χ1n) is 6.53. The number of alkyl halides is 3. The van der Waals surface area contributed by atoms with Crippen molar-refractivity contribution in [1.29, 1.82) is 0 Å². The van der Waals surface area contributed by atoms with Gasteiger partial charge in [-0.05, 0) is 39.3 Å².